The molecule has 0 spiro atoms. The molecule has 0 aliphatic heterocycles. The molecule has 1 heterocycles. The number of pyridine rings is 1. The van der Waals surface area contributed by atoms with Crippen molar-refractivity contribution >= 4 is 5.82 Å². The highest BCUT2D eigenvalue weighted by Gasteiger charge is 2.16. The summed E-state index contributed by atoms with van der Waals surface area (Å²) in [4.78, 5) is 7.01. The quantitative estimate of drug-likeness (QED) is 0.794. The Labute approximate surface area is 123 Å². The first kappa shape index (κ1) is 15.3. The van der Waals surface area contributed by atoms with Gasteiger partial charge in [0.15, 0.2) is 0 Å². The van der Waals surface area contributed by atoms with Crippen LogP contribution in [0.25, 0.3) is 0 Å². The zero-order valence-electron chi connectivity index (χ0n) is 13.1. The predicted molar refractivity (Wildman–Crippen MR) is 86.0 cm³/mol. The summed E-state index contributed by atoms with van der Waals surface area (Å²) in [6.07, 6.45) is 11.5. The van der Waals surface area contributed by atoms with E-state index in [1.165, 1.54) is 44.1 Å². The summed E-state index contributed by atoms with van der Waals surface area (Å²) in [5.41, 5.74) is 1.32. The van der Waals surface area contributed by atoms with Gasteiger partial charge < -0.3 is 5.32 Å². The minimum Gasteiger partial charge on any atom is -0.370 e. The summed E-state index contributed by atoms with van der Waals surface area (Å²) in [5, 5.41) is 3.32. The lowest BCUT2D eigenvalue weighted by atomic mass is 10.1. The maximum absolute atomic E-state index is 4.50. The number of aromatic nitrogens is 1. The third-order valence-electron chi connectivity index (χ3n) is 4.26. The Morgan fingerprint density at radius 3 is 2.55 bits per heavy atom. The SMILES string of the molecule is CCCNc1ccc(CN(C)C2CCCCCC2)cn1. The van der Waals surface area contributed by atoms with E-state index in [2.05, 4.69) is 41.3 Å². The third-order valence-corrected chi connectivity index (χ3v) is 4.26. The molecule has 1 aliphatic carbocycles. The lowest BCUT2D eigenvalue weighted by molar-refractivity contribution is 0.213. The van der Waals surface area contributed by atoms with Crippen molar-refractivity contribution in [1.82, 2.24) is 9.88 Å². The van der Waals surface area contributed by atoms with Gasteiger partial charge in [-0.3, -0.25) is 4.90 Å². The Kier molecular flexibility index (Phi) is 6.31. The number of nitrogens with zero attached hydrogens (tertiary/aromatic N) is 2. The van der Waals surface area contributed by atoms with Crippen LogP contribution in [0.2, 0.25) is 0 Å². The van der Waals surface area contributed by atoms with Crippen LogP contribution in [0.5, 0.6) is 0 Å². The van der Waals surface area contributed by atoms with Gasteiger partial charge in [-0.05, 0) is 37.9 Å². The summed E-state index contributed by atoms with van der Waals surface area (Å²) in [5.74, 6) is 0.993. The van der Waals surface area contributed by atoms with E-state index in [0.29, 0.717) is 0 Å². The van der Waals surface area contributed by atoms with Gasteiger partial charge in [0.05, 0.1) is 0 Å². The molecule has 1 aliphatic rings. The Morgan fingerprint density at radius 1 is 1.20 bits per heavy atom. The van der Waals surface area contributed by atoms with Crippen LogP contribution in [0.1, 0.15) is 57.4 Å². The molecular weight excluding hydrogens is 246 g/mol. The van der Waals surface area contributed by atoms with Crippen LogP contribution in [0.3, 0.4) is 0 Å². The fourth-order valence-electron chi connectivity index (χ4n) is 2.99. The summed E-state index contributed by atoms with van der Waals surface area (Å²) in [6.45, 7) is 4.18. The second kappa shape index (κ2) is 8.25. The first-order valence-corrected chi connectivity index (χ1v) is 8.18. The molecule has 0 amide bonds. The predicted octanol–water partition coefficient (Wildman–Crippen LogP) is 4.06. The molecule has 0 atom stereocenters. The summed E-state index contributed by atoms with van der Waals surface area (Å²) < 4.78 is 0. The highest BCUT2D eigenvalue weighted by Crippen LogP contribution is 2.22. The van der Waals surface area contributed by atoms with E-state index in [4.69, 9.17) is 0 Å². The van der Waals surface area contributed by atoms with E-state index < -0.39 is 0 Å². The minimum absolute atomic E-state index is 0.760. The van der Waals surface area contributed by atoms with E-state index in [1.807, 2.05) is 6.20 Å². The lowest BCUT2D eigenvalue weighted by Crippen LogP contribution is -2.30. The van der Waals surface area contributed by atoms with Gasteiger partial charge in [0.2, 0.25) is 0 Å². The molecule has 0 saturated heterocycles. The van der Waals surface area contributed by atoms with Crippen molar-refractivity contribution in [2.24, 2.45) is 0 Å². The van der Waals surface area contributed by atoms with Crippen LogP contribution in [0, 0.1) is 0 Å². The van der Waals surface area contributed by atoms with Crippen molar-refractivity contribution < 1.29 is 0 Å². The van der Waals surface area contributed by atoms with Crippen LogP contribution in [-0.2, 0) is 6.54 Å². The fourth-order valence-corrected chi connectivity index (χ4v) is 2.99. The van der Waals surface area contributed by atoms with Gasteiger partial charge in [-0.2, -0.15) is 0 Å². The van der Waals surface area contributed by atoms with Gasteiger partial charge in [0, 0.05) is 25.3 Å². The zero-order chi connectivity index (χ0) is 14.2. The smallest absolute Gasteiger partial charge is 0.125 e. The molecule has 1 fully saturated rings. The highest BCUT2D eigenvalue weighted by atomic mass is 15.1. The molecule has 1 saturated carbocycles. The van der Waals surface area contributed by atoms with Crippen LogP contribution >= 0.6 is 0 Å². The average molecular weight is 275 g/mol. The molecule has 20 heavy (non-hydrogen) atoms. The van der Waals surface area contributed by atoms with E-state index in [-0.39, 0.29) is 0 Å². The van der Waals surface area contributed by atoms with Crippen molar-refractivity contribution in [1.29, 1.82) is 0 Å². The molecule has 1 N–H and O–H groups in total. The van der Waals surface area contributed by atoms with E-state index in [0.717, 1.165) is 31.4 Å². The second-order valence-corrected chi connectivity index (χ2v) is 6.04. The molecule has 0 radical (unpaired) electrons. The highest BCUT2D eigenvalue weighted by molar-refractivity contribution is 5.35. The lowest BCUT2D eigenvalue weighted by Gasteiger charge is -2.27. The van der Waals surface area contributed by atoms with Gasteiger partial charge in [-0.25, -0.2) is 4.98 Å². The molecule has 2 rings (SSSR count). The standard InChI is InChI=1S/C17H29N3/c1-3-12-18-17-11-10-15(13-19-17)14-20(2)16-8-6-4-5-7-9-16/h10-11,13,16H,3-9,12,14H2,1-2H3,(H,18,19). The normalized spacial score (nSPS) is 17.1. The molecular formula is C17H29N3. The van der Waals surface area contributed by atoms with Crippen LogP contribution in [0.4, 0.5) is 5.82 Å². The summed E-state index contributed by atoms with van der Waals surface area (Å²) in [6, 6.07) is 5.07. The van der Waals surface area contributed by atoms with Gasteiger partial charge >= 0.3 is 0 Å². The van der Waals surface area contributed by atoms with Crippen molar-refractivity contribution in [3.05, 3.63) is 23.9 Å². The molecule has 1 aromatic heterocycles. The number of anilines is 1. The maximum Gasteiger partial charge on any atom is 0.125 e. The number of nitrogens with one attached hydrogen (secondary N) is 1. The second-order valence-electron chi connectivity index (χ2n) is 6.04. The minimum atomic E-state index is 0.760. The Morgan fingerprint density at radius 2 is 1.95 bits per heavy atom. The maximum atomic E-state index is 4.50. The Balaban J connectivity index is 1.85. The van der Waals surface area contributed by atoms with Crippen LogP contribution < -0.4 is 5.32 Å². The average Bonchev–Trinajstić information content (AvgIpc) is 2.75. The van der Waals surface area contributed by atoms with E-state index >= 15 is 0 Å². The van der Waals surface area contributed by atoms with Crippen molar-refractivity contribution in [2.75, 3.05) is 18.9 Å². The van der Waals surface area contributed by atoms with Gasteiger partial charge in [-0.15, -0.1) is 0 Å². The van der Waals surface area contributed by atoms with Crippen LogP contribution in [0.15, 0.2) is 18.3 Å². The van der Waals surface area contributed by atoms with Gasteiger partial charge in [0.1, 0.15) is 5.82 Å². The zero-order valence-corrected chi connectivity index (χ0v) is 13.1. The molecule has 112 valence electrons. The first-order valence-electron chi connectivity index (χ1n) is 8.18. The molecule has 0 bridgehead atoms. The summed E-state index contributed by atoms with van der Waals surface area (Å²) in [7, 11) is 2.26. The molecule has 3 heteroatoms. The summed E-state index contributed by atoms with van der Waals surface area (Å²) >= 11 is 0. The van der Waals surface area contributed by atoms with E-state index in [9.17, 15) is 0 Å². The van der Waals surface area contributed by atoms with Crippen LogP contribution in [-0.4, -0.2) is 29.5 Å². The van der Waals surface area contributed by atoms with Gasteiger partial charge in [0.25, 0.3) is 0 Å². The Hall–Kier alpha value is -1.09. The largest absolute Gasteiger partial charge is 0.370 e. The molecule has 1 aromatic rings. The Bertz CT molecular complexity index is 366. The number of hydrogen-bond acceptors (Lipinski definition) is 3. The molecule has 0 unspecified atom stereocenters. The van der Waals surface area contributed by atoms with Crippen molar-refractivity contribution in [3.8, 4) is 0 Å². The topological polar surface area (TPSA) is 28.2 Å². The van der Waals surface area contributed by atoms with Gasteiger partial charge in [-0.1, -0.05) is 38.7 Å². The number of hydrogen-bond donors (Lipinski definition) is 1. The third kappa shape index (κ3) is 4.78. The molecule has 0 aromatic carbocycles. The monoisotopic (exact) mass is 275 g/mol. The van der Waals surface area contributed by atoms with Crippen molar-refractivity contribution in [3.63, 3.8) is 0 Å². The molecule has 3 nitrogen and oxygen atoms in total. The first-order chi connectivity index (χ1) is 9.79. The van der Waals surface area contributed by atoms with Crippen molar-refractivity contribution in [2.45, 2.75) is 64.5 Å². The van der Waals surface area contributed by atoms with E-state index in [1.54, 1.807) is 0 Å². The fraction of sp³-hybridized carbons (Fsp3) is 0.706. The number of rotatable bonds is 6.